The van der Waals surface area contributed by atoms with E-state index in [2.05, 4.69) is 39.0 Å². The first kappa shape index (κ1) is 13.8. The standard InChI is InChI=1S/C13H24N6/c1-9(2)10-6-7-19(8-10)13-16-11(14-3)15-12(17-13)18(4)5/h9-10H,6-8H2,1-5H3,(H,14,15,16,17). The van der Waals surface area contributed by atoms with Crippen LogP contribution < -0.4 is 15.1 Å². The Bertz CT molecular complexity index is 431. The highest BCUT2D eigenvalue weighted by molar-refractivity contribution is 5.44. The zero-order valence-electron chi connectivity index (χ0n) is 12.5. The second kappa shape index (κ2) is 5.59. The van der Waals surface area contributed by atoms with Gasteiger partial charge in [-0.2, -0.15) is 15.0 Å². The van der Waals surface area contributed by atoms with E-state index in [-0.39, 0.29) is 0 Å². The van der Waals surface area contributed by atoms with Gasteiger partial charge in [-0.25, -0.2) is 0 Å². The first-order valence-electron chi connectivity index (χ1n) is 6.87. The van der Waals surface area contributed by atoms with Crippen molar-refractivity contribution in [3.63, 3.8) is 0 Å². The van der Waals surface area contributed by atoms with Crippen LogP contribution in [0.5, 0.6) is 0 Å². The molecule has 0 aromatic carbocycles. The third kappa shape index (κ3) is 3.05. The molecule has 1 unspecified atom stereocenters. The highest BCUT2D eigenvalue weighted by atomic mass is 15.4. The van der Waals surface area contributed by atoms with Gasteiger partial charge in [-0.3, -0.25) is 0 Å². The maximum absolute atomic E-state index is 4.55. The summed E-state index contributed by atoms with van der Waals surface area (Å²) in [5.74, 6) is 3.55. The summed E-state index contributed by atoms with van der Waals surface area (Å²) in [5, 5.41) is 3.00. The molecule has 1 saturated heterocycles. The summed E-state index contributed by atoms with van der Waals surface area (Å²) in [4.78, 5) is 17.5. The molecule has 6 nitrogen and oxygen atoms in total. The summed E-state index contributed by atoms with van der Waals surface area (Å²) in [6, 6.07) is 0. The third-order valence-corrected chi connectivity index (χ3v) is 3.69. The van der Waals surface area contributed by atoms with Crippen LogP contribution in [0.15, 0.2) is 0 Å². The fraction of sp³-hybridized carbons (Fsp3) is 0.769. The Labute approximate surface area is 115 Å². The van der Waals surface area contributed by atoms with Gasteiger partial charge in [-0.05, 0) is 18.3 Å². The van der Waals surface area contributed by atoms with E-state index in [1.165, 1.54) is 6.42 Å². The second-order valence-corrected chi connectivity index (χ2v) is 5.64. The molecule has 0 amide bonds. The molecule has 19 heavy (non-hydrogen) atoms. The molecule has 1 aromatic heterocycles. The van der Waals surface area contributed by atoms with Crippen LogP contribution in [0.4, 0.5) is 17.8 Å². The van der Waals surface area contributed by atoms with Gasteiger partial charge < -0.3 is 15.1 Å². The fourth-order valence-corrected chi connectivity index (χ4v) is 2.32. The van der Waals surface area contributed by atoms with E-state index in [1.54, 1.807) is 0 Å². The van der Waals surface area contributed by atoms with Crippen molar-refractivity contribution < 1.29 is 0 Å². The van der Waals surface area contributed by atoms with Crippen molar-refractivity contribution in [3.8, 4) is 0 Å². The Morgan fingerprint density at radius 3 is 2.53 bits per heavy atom. The van der Waals surface area contributed by atoms with Crippen molar-refractivity contribution in [1.82, 2.24) is 15.0 Å². The average molecular weight is 264 g/mol. The molecule has 0 aliphatic carbocycles. The van der Waals surface area contributed by atoms with Crippen molar-refractivity contribution >= 4 is 17.8 Å². The molecule has 106 valence electrons. The highest BCUT2D eigenvalue weighted by Gasteiger charge is 2.27. The van der Waals surface area contributed by atoms with Crippen LogP contribution in [0.1, 0.15) is 20.3 Å². The third-order valence-electron chi connectivity index (χ3n) is 3.69. The summed E-state index contributed by atoms with van der Waals surface area (Å²) in [6.07, 6.45) is 1.22. The second-order valence-electron chi connectivity index (χ2n) is 5.64. The SMILES string of the molecule is CNc1nc(N(C)C)nc(N2CCC(C(C)C)C2)n1. The Balaban J connectivity index is 2.22. The quantitative estimate of drug-likeness (QED) is 0.888. The molecule has 6 heteroatoms. The molecule has 1 aromatic rings. The topological polar surface area (TPSA) is 57.2 Å². The van der Waals surface area contributed by atoms with Gasteiger partial charge in [0.15, 0.2) is 0 Å². The largest absolute Gasteiger partial charge is 0.357 e. The van der Waals surface area contributed by atoms with Gasteiger partial charge in [-0.1, -0.05) is 13.8 Å². The smallest absolute Gasteiger partial charge is 0.231 e. The summed E-state index contributed by atoms with van der Waals surface area (Å²) < 4.78 is 0. The molecule has 0 bridgehead atoms. The Morgan fingerprint density at radius 1 is 1.26 bits per heavy atom. The number of hydrogen-bond acceptors (Lipinski definition) is 6. The molecule has 1 aliphatic rings. The summed E-state index contributed by atoms with van der Waals surface area (Å²) >= 11 is 0. The van der Waals surface area contributed by atoms with Crippen LogP contribution in [-0.4, -0.2) is 49.2 Å². The Kier molecular flexibility index (Phi) is 4.07. The molecule has 2 rings (SSSR count). The number of nitrogens with one attached hydrogen (secondary N) is 1. The van der Waals surface area contributed by atoms with Crippen molar-refractivity contribution in [2.75, 3.05) is 49.3 Å². The van der Waals surface area contributed by atoms with E-state index in [4.69, 9.17) is 0 Å². The van der Waals surface area contributed by atoms with Crippen LogP contribution in [0, 0.1) is 11.8 Å². The number of anilines is 3. The average Bonchev–Trinajstić information content (AvgIpc) is 2.87. The molecule has 0 radical (unpaired) electrons. The van der Waals surface area contributed by atoms with Gasteiger partial charge in [0.1, 0.15) is 0 Å². The van der Waals surface area contributed by atoms with Crippen LogP contribution >= 0.6 is 0 Å². The number of nitrogens with zero attached hydrogens (tertiary/aromatic N) is 5. The van der Waals surface area contributed by atoms with E-state index in [0.29, 0.717) is 17.8 Å². The lowest BCUT2D eigenvalue weighted by atomic mass is 9.95. The lowest BCUT2D eigenvalue weighted by Gasteiger charge is -2.20. The van der Waals surface area contributed by atoms with Gasteiger partial charge in [0.2, 0.25) is 17.8 Å². The first-order chi connectivity index (χ1) is 9.01. The predicted molar refractivity (Wildman–Crippen MR) is 78.9 cm³/mol. The minimum absolute atomic E-state index is 0.627. The molecule has 0 saturated carbocycles. The van der Waals surface area contributed by atoms with Gasteiger partial charge in [0, 0.05) is 34.2 Å². The minimum Gasteiger partial charge on any atom is -0.357 e. The monoisotopic (exact) mass is 264 g/mol. The maximum Gasteiger partial charge on any atom is 0.231 e. The molecule has 1 atom stereocenters. The molecule has 2 heterocycles. The number of hydrogen-bond donors (Lipinski definition) is 1. The van der Waals surface area contributed by atoms with Crippen LogP contribution in [-0.2, 0) is 0 Å². The molecular weight excluding hydrogens is 240 g/mol. The molecular formula is C13H24N6. The van der Waals surface area contributed by atoms with Gasteiger partial charge in [-0.15, -0.1) is 0 Å². The van der Waals surface area contributed by atoms with E-state index < -0.39 is 0 Å². The normalized spacial score (nSPS) is 19.1. The molecule has 1 N–H and O–H groups in total. The molecule has 1 fully saturated rings. The van der Waals surface area contributed by atoms with Crippen molar-refractivity contribution in [3.05, 3.63) is 0 Å². The maximum atomic E-state index is 4.55. The van der Waals surface area contributed by atoms with E-state index in [9.17, 15) is 0 Å². The fourth-order valence-electron chi connectivity index (χ4n) is 2.32. The Morgan fingerprint density at radius 2 is 2.00 bits per heavy atom. The highest BCUT2D eigenvalue weighted by Crippen LogP contribution is 2.27. The van der Waals surface area contributed by atoms with Crippen molar-refractivity contribution in [2.45, 2.75) is 20.3 Å². The summed E-state index contributed by atoms with van der Waals surface area (Å²) in [6.45, 7) is 6.64. The van der Waals surface area contributed by atoms with Gasteiger partial charge in [0.25, 0.3) is 0 Å². The lowest BCUT2D eigenvalue weighted by molar-refractivity contribution is 0.422. The van der Waals surface area contributed by atoms with Gasteiger partial charge in [0.05, 0.1) is 0 Å². The van der Waals surface area contributed by atoms with E-state index in [0.717, 1.165) is 25.0 Å². The number of aromatic nitrogens is 3. The summed E-state index contributed by atoms with van der Waals surface area (Å²) in [7, 11) is 5.72. The van der Waals surface area contributed by atoms with Crippen LogP contribution in [0.25, 0.3) is 0 Å². The lowest BCUT2D eigenvalue weighted by Crippen LogP contribution is -2.25. The zero-order valence-corrected chi connectivity index (χ0v) is 12.5. The molecule has 1 aliphatic heterocycles. The minimum atomic E-state index is 0.627. The summed E-state index contributed by atoms with van der Waals surface area (Å²) in [5.41, 5.74) is 0. The first-order valence-corrected chi connectivity index (χ1v) is 6.87. The van der Waals surface area contributed by atoms with Gasteiger partial charge >= 0.3 is 0 Å². The van der Waals surface area contributed by atoms with Crippen LogP contribution in [0.3, 0.4) is 0 Å². The molecule has 0 spiro atoms. The van der Waals surface area contributed by atoms with Crippen molar-refractivity contribution in [1.29, 1.82) is 0 Å². The zero-order chi connectivity index (χ0) is 14.0. The number of rotatable bonds is 4. The van der Waals surface area contributed by atoms with Crippen LogP contribution in [0.2, 0.25) is 0 Å². The predicted octanol–water partition coefficient (Wildman–Crippen LogP) is 1.46. The Hall–Kier alpha value is -1.59. The van der Waals surface area contributed by atoms with E-state index >= 15 is 0 Å². The van der Waals surface area contributed by atoms with Crippen molar-refractivity contribution in [2.24, 2.45) is 11.8 Å². The van der Waals surface area contributed by atoms with E-state index in [1.807, 2.05) is 26.0 Å².